The summed E-state index contributed by atoms with van der Waals surface area (Å²) in [7, 11) is 0. The molecule has 0 radical (unpaired) electrons. The molecule has 0 aliphatic heterocycles. The van der Waals surface area contributed by atoms with Crippen molar-refractivity contribution in [2.45, 2.75) is 32.9 Å². The second-order valence-electron chi connectivity index (χ2n) is 5.67. The molecule has 2 aromatic rings. The molecule has 0 aliphatic rings. The van der Waals surface area contributed by atoms with E-state index in [1.165, 1.54) is 18.4 Å². The van der Waals surface area contributed by atoms with E-state index in [-0.39, 0.29) is 29.8 Å². The van der Waals surface area contributed by atoms with E-state index in [9.17, 15) is 13.6 Å². The van der Waals surface area contributed by atoms with Gasteiger partial charge in [0.1, 0.15) is 6.26 Å². The van der Waals surface area contributed by atoms with Gasteiger partial charge in [-0.1, -0.05) is 6.07 Å². The predicted octanol–water partition coefficient (Wildman–Crippen LogP) is 3.06. The number of carbonyl (C=O) groups is 1. The maximum absolute atomic E-state index is 13.4. The van der Waals surface area contributed by atoms with Gasteiger partial charge in [0.05, 0.1) is 0 Å². The molecule has 1 aromatic carbocycles. The maximum Gasteiger partial charge on any atom is 0.273 e. The zero-order chi connectivity index (χ0) is 16.3. The summed E-state index contributed by atoms with van der Waals surface area (Å²) in [6.07, 6.45) is 1.18. The Kier molecular flexibility index (Phi) is 4.44. The Morgan fingerprint density at radius 3 is 2.77 bits per heavy atom. The topological polar surface area (TPSA) is 64.4 Å². The maximum atomic E-state index is 13.4. The Balaban J connectivity index is 2.01. The molecule has 0 spiro atoms. The third kappa shape index (κ3) is 4.03. The van der Waals surface area contributed by atoms with Crippen molar-refractivity contribution in [3.8, 4) is 5.75 Å². The van der Waals surface area contributed by atoms with Crippen LogP contribution < -0.4 is 10.1 Å². The van der Waals surface area contributed by atoms with E-state index in [0.717, 1.165) is 6.07 Å². The van der Waals surface area contributed by atoms with Crippen molar-refractivity contribution in [3.05, 3.63) is 47.7 Å². The van der Waals surface area contributed by atoms with E-state index in [1.54, 1.807) is 0 Å². The molecule has 0 unspecified atom stereocenters. The highest BCUT2D eigenvalue weighted by molar-refractivity contribution is 5.92. The van der Waals surface area contributed by atoms with E-state index in [0.29, 0.717) is 0 Å². The Morgan fingerprint density at radius 1 is 1.36 bits per heavy atom. The van der Waals surface area contributed by atoms with E-state index in [1.807, 2.05) is 20.8 Å². The minimum Gasteiger partial charge on any atom is -0.481 e. The summed E-state index contributed by atoms with van der Waals surface area (Å²) in [5, 5.41) is 2.73. The van der Waals surface area contributed by atoms with Gasteiger partial charge < -0.3 is 14.5 Å². The number of nitrogens with zero attached hydrogens (tertiary/aromatic N) is 1. The first kappa shape index (κ1) is 15.9. The Hall–Kier alpha value is -2.44. The summed E-state index contributed by atoms with van der Waals surface area (Å²) in [4.78, 5) is 15.8. The lowest BCUT2D eigenvalue weighted by atomic mass is 10.1. The van der Waals surface area contributed by atoms with E-state index < -0.39 is 17.2 Å². The quantitative estimate of drug-likeness (QED) is 0.942. The van der Waals surface area contributed by atoms with Crippen molar-refractivity contribution < 1.29 is 22.7 Å². The first-order valence-corrected chi connectivity index (χ1v) is 6.60. The lowest BCUT2D eigenvalue weighted by Gasteiger charge is -2.19. The first-order chi connectivity index (χ1) is 10.3. The first-order valence-electron chi connectivity index (χ1n) is 6.60. The number of amides is 1. The number of ether oxygens (including phenoxy) is 1. The number of aromatic nitrogens is 1. The van der Waals surface area contributed by atoms with Gasteiger partial charge in [-0.3, -0.25) is 4.79 Å². The van der Waals surface area contributed by atoms with Crippen molar-refractivity contribution in [1.29, 1.82) is 0 Å². The van der Waals surface area contributed by atoms with Crippen LogP contribution in [0.2, 0.25) is 0 Å². The van der Waals surface area contributed by atoms with Crippen LogP contribution in [-0.2, 0) is 6.61 Å². The van der Waals surface area contributed by atoms with Gasteiger partial charge in [0.2, 0.25) is 11.7 Å². The van der Waals surface area contributed by atoms with Crippen LogP contribution in [0.15, 0.2) is 28.9 Å². The van der Waals surface area contributed by atoms with Gasteiger partial charge >= 0.3 is 0 Å². The molecule has 0 bridgehead atoms. The Morgan fingerprint density at radius 2 is 2.09 bits per heavy atom. The zero-order valence-electron chi connectivity index (χ0n) is 12.4. The number of nitrogens with one attached hydrogen (secondary N) is 1. The number of hydrogen-bond acceptors (Lipinski definition) is 4. The van der Waals surface area contributed by atoms with Gasteiger partial charge in [-0.25, -0.2) is 9.37 Å². The number of benzene rings is 1. The van der Waals surface area contributed by atoms with Crippen LogP contribution in [0.1, 0.15) is 37.2 Å². The van der Waals surface area contributed by atoms with Gasteiger partial charge in [-0.05, 0) is 32.9 Å². The zero-order valence-corrected chi connectivity index (χ0v) is 12.4. The molecule has 0 saturated carbocycles. The van der Waals surface area contributed by atoms with Crippen LogP contribution in [0.5, 0.6) is 5.75 Å². The summed E-state index contributed by atoms with van der Waals surface area (Å²) < 4.78 is 36.6. The van der Waals surface area contributed by atoms with Crippen LogP contribution in [0, 0.1) is 11.6 Å². The van der Waals surface area contributed by atoms with Gasteiger partial charge in [0.25, 0.3) is 5.91 Å². The largest absolute Gasteiger partial charge is 0.481 e. The molecule has 118 valence electrons. The highest BCUT2D eigenvalue weighted by Gasteiger charge is 2.19. The summed E-state index contributed by atoms with van der Waals surface area (Å²) in [6, 6.07) is 3.60. The Labute approximate surface area is 126 Å². The number of halogens is 2. The predicted molar refractivity (Wildman–Crippen MR) is 74.4 cm³/mol. The molecular weight excluding hydrogens is 294 g/mol. The van der Waals surface area contributed by atoms with Crippen molar-refractivity contribution >= 4 is 5.91 Å². The van der Waals surface area contributed by atoms with Crippen molar-refractivity contribution in [1.82, 2.24) is 10.3 Å². The Bertz CT molecular complexity index is 678. The standard InChI is InChI=1S/C15H16F2N2O3/c1-15(2,3)19-14(20)10-7-22-12(18-10)8-21-11-6-4-5-9(16)13(11)17/h4-7H,8H2,1-3H3,(H,19,20). The smallest absolute Gasteiger partial charge is 0.273 e. The molecule has 22 heavy (non-hydrogen) atoms. The van der Waals surface area contributed by atoms with Gasteiger partial charge in [0, 0.05) is 5.54 Å². The average molecular weight is 310 g/mol. The molecule has 1 amide bonds. The van der Waals surface area contributed by atoms with Crippen molar-refractivity contribution in [2.75, 3.05) is 0 Å². The SMILES string of the molecule is CC(C)(C)NC(=O)c1coc(COc2cccc(F)c2F)n1. The third-order valence-electron chi connectivity index (χ3n) is 2.54. The van der Waals surface area contributed by atoms with Crippen molar-refractivity contribution in [3.63, 3.8) is 0 Å². The molecule has 1 heterocycles. The summed E-state index contributed by atoms with van der Waals surface area (Å²) in [5.41, 5.74) is -0.314. The molecule has 0 fully saturated rings. The third-order valence-corrected chi connectivity index (χ3v) is 2.54. The summed E-state index contributed by atoms with van der Waals surface area (Å²) in [6.45, 7) is 5.29. The minimum absolute atomic E-state index is 0.0859. The van der Waals surface area contributed by atoms with Gasteiger partial charge in [0.15, 0.2) is 23.9 Å². The lowest BCUT2D eigenvalue weighted by molar-refractivity contribution is 0.0914. The monoisotopic (exact) mass is 310 g/mol. The van der Waals surface area contributed by atoms with E-state index in [4.69, 9.17) is 9.15 Å². The normalized spacial score (nSPS) is 11.3. The highest BCUT2D eigenvalue weighted by atomic mass is 19.2. The van der Waals surface area contributed by atoms with Crippen LogP contribution in [0.4, 0.5) is 8.78 Å². The number of oxazole rings is 1. The molecule has 7 heteroatoms. The molecule has 0 atom stereocenters. The van der Waals surface area contributed by atoms with Crippen LogP contribution in [-0.4, -0.2) is 16.4 Å². The van der Waals surface area contributed by atoms with Crippen molar-refractivity contribution in [2.24, 2.45) is 0 Å². The van der Waals surface area contributed by atoms with Gasteiger partial charge in [-0.2, -0.15) is 4.39 Å². The number of rotatable bonds is 4. The summed E-state index contributed by atoms with van der Waals surface area (Å²) in [5.74, 6) is -2.64. The second kappa shape index (κ2) is 6.13. The number of hydrogen-bond donors (Lipinski definition) is 1. The van der Waals surface area contributed by atoms with Gasteiger partial charge in [-0.15, -0.1) is 0 Å². The average Bonchev–Trinajstić information content (AvgIpc) is 2.87. The highest BCUT2D eigenvalue weighted by Crippen LogP contribution is 2.20. The molecule has 1 N–H and O–H groups in total. The fourth-order valence-electron chi connectivity index (χ4n) is 1.62. The molecular formula is C15H16F2N2O3. The second-order valence-corrected chi connectivity index (χ2v) is 5.67. The molecule has 0 saturated heterocycles. The fraction of sp³-hybridized carbons (Fsp3) is 0.333. The minimum atomic E-state index is -1.08. The fourth-order valence-corrected chi connectivity index (χ4v) is 1.62. The lowest BCUT2D eigenvalue weighted by Crippen LogP contribution is -2.40. The van der Waals surface area contributed by atoms with E-state index >= 15 is 0 Å². The summed E-state index contributed by atoms with van der Waals surface area (Å²) >= 11 is 0. The van der Waals surface area contributed by atoms with Crippen LogP contribution in [0.3, 0.4) is 0 Å². The molecule has 0 aliphatic carbocycles. The molecule has 5 nitrogen and oxygen atoms in total. The molecule has 1 aromatic heterocycles. The number of carbonyl (C=O) groups excluding carboxylic acids is 1. The van der Waals surface area contributed by atoms with Crippen LogP contribution >= 0.6 is 0 Å². The van der Waals surface area contributed by atoms with E-state index in [2.05, 4.69) is 10.3 Å². The molecule has 2 rings (SSSR count). The van der Waals surface area contributed by atoms with Crippen LogP contribution in [0.25, 0.3) is 0 Å².